The van der Waals surface area contributed by atoms with Gasteiger partial charge in [-0.1, -0.05) is 50.6 Å². The number of carbonyl (C=O) groups is 2. The average molecular weight is 571 g/mol. The van der Waals surface area contributed by atoms with E-state index in [2.05, 4.69) is 16.7 Å². The van der Waals surface area contributed by atoms with Crippen LogP contribution in [0.15, 0.2) is 41.3 Å². The second-order valence-electron chi connectivity index (χ2n) is 10.2. The van der Waals surface area contributed by atoms with Crippen molar-refractivity contribution in [1.29, 1.82) is 0 Å². The molecule has 2 aromatic carbocycles. The van der Waals surface area contributed by atoms with Gasteiger partial charge in [0.2, 0.25) is 0 Å². The third-order valence-corrected chi connectivity index (χ3v) is 8.21. The lowest BCUT2D eigenvalue weighted by molar-refractivity contribution is -0.165. The summed E-state index contributed by atoms with van der Waals surface area (Å²) in [6.45, 7) is 8.34. The monoisotopic (exact) mass is 570 g/mol. The van der Waals surface area contributed by atoms with Gasteiger partial charge in [0.25, 0.3) is 0 Å². The van der Waals surface area contributed by atoms with Crippen molar-refractivity contribution >= 4 is 39.1 Å². The zero-order valence-corrected chi connectivity index (χ0v) is 23.1. The standard InChI is InChI=1S/C22H29ClN2O2S.C4H6O6/c1-22(2,3)15-28(26,27)18-7-4-16(5-8-18)14-25-21-19-11-13-24-12-10-17(19)6-9-20(21)23;5-1(3(7)8)2(6)4(9)10/h4-9,24-25H,10-15H2,1-3H3;1-2,5-6H,(H,7,8)(H,9,10)/t;1-,2-/m.1/s1. The molecule has 0 radical (unpaired) electrons. The maximum absolute atomic E-state index is 12.5. The Morgan fingerprint density at radius 1 is 0.974 bits per heavy atom. The number of aliphatic carboxylic acids is 2. The molecule has 0 fully saturated rings. The molecule has 10 nitrogen and oxygen atoms in total. The van der Waals surface area contributed by atoms with Crippen LogP contribution in [0.25, 0.3) is 0 Å². The molecule has 0 saturated heterocycles. The normalized spacial score (nSPS) is 15.2. The van der Waals surface area contributed by atoms with E-state index in [0.29, 0.717) is 11.4 Å². The molecule has 0 amide bonds. The Balaban J connectivity index is 0.000000432. The second kappa shape index (κ2) is 13.4. The first kappa shape index (κ1) is 31.5. The minimum atomic E-state index is -3.27. The summed E-state index contributed by atoms with van der Waals surface area (Å²) < 4.78 is 25.1. The molecule has 6 N–H and O–H groups in total. The minimum absolute atomic E-state index is 0.136. The number of hydrogen-bond acceptors (Lipinski definition) is 8. The highest BCUT2D eigenvalue weighted by Crippen LogP contribution is 2.31. The van der Waals surface area contributed by atoms with Crippen molar-refractivity contribution in [2.75, 3.05) is 24.2 Å². The molecule has 0 unspecified atom stereocenters. The third kappa shape index (κ3) is 9.25. The predicted octanol–water partition coefficient (Wildman–Crippen LogP) is 2.34. The molecule has 1 heterocycles. The topological polar surface area (TPSA) is 173 Å². The van der Waals surface area contributed by atoms with Crippen molar-refractivity contribution in [1.82, 2.24) is 5.32 Å². The van der Waals surface area contributed by atoms with Gasteiger partial charge in [-0.05, 0) is 66.2 Å². The first-order valence-corrected chi connectivity index (χ1v) is 14.0. The van der Waals surface area contributed by atoms with Gasteiger partial charge < -0.3 is 31.1 Å². The molecule has 1 aliphatic heterocycles. The molecular weight excluding hydrogens is 536 g/mol. The Bertz CT molecular complexity index is 1210. The quantitative estimate of drug-likeness (QED) is 0.276. The predicted molar refractivity (Wildman–Crippen MR) is 144 cm³/mol. The lowest BCUT2D eigenvalue weighted by Gasteiger charge is -2.18. The van der Waals surface area contributed by atoms with Crippen LogP contribution in [0.1, 0.15) is 37.5 Å². The number of sulfone groups is 1. The van der Waals surface area contributed by atoms with Crippen LogP contribution < -0.4 is 10.6 Å². The molecule has 2 aromatic rings. The van der Waals surface area contributed by atoms with E-state index < -0.39 is 34.0 Å². The lowest BCUT2D eigenvalue weighted by Crippen LogP contribution is -2.39. The number of aliphatic hydroxyl groups excluding tert-OH is 2. The molecule has 3 rings (SSSR count). The molecule has 38 heavy (non-hydrogen) atoms. The first-order valence-electron chi connectivity index (χ1n) is 12.0. The summed E-state index contributed by atoms with van der Waals surface area (Å²) in [7, 11) is -3.27. The van der Waals surface area contributed by atoms with Crippen molar-refractivity contribution in [2.45, 2.75) is 57.3 Å². The summed E-state index contributed by atoms with van der Waals surface area (Å²) in [5, 5.41) is 40.1. The lowest BCUT2D eigenvalue weighted by atomic mass is 10.0. The molecular formula is C26H35ClN2O8S. The second-order valence-corrected chi connectivity index (χ2v) is 12.6. The molecule has 12 heteroatoms. The Morgan fingerprint density at radius 2 is 1.53 bits per heavy atom. The number of anilines is 1. The number of aliphatic hydroxyl groups is 2. The summed E-state index contributed by atoms with van der Waals surface area (Å²) in [5.74, 6) is -3.40. The molecule has 1 aliphatic rings. The van der Waals surface area contributed by atoms with E-state index in [-0.39, 0.29) is 11.2 Å². The highest BCUT2D eigenvalue weighted by molar-refractivity contribution is 7.91. The number of benzene rings is 2. The zero-order valence-electron chi connectivity index (χ0n) is 21.6. The van der Waals surface area contributed by atoms with E-state index in [1.54, 1.807) is 12.1 Å². The number of hydrogen-bond donors (Lipinski definition) is 6. The van der Waals surface area contributed by atoms with Crippen LogP contribution in [0, 0.1) is 5.41 Å². The summed E-state index contributed by atoms with van der Waals surface area (Å²) >= 11 is 6.47. The highest BCUT2D eigenvalue weighted by atomic mass is 35.5. The summed E-state index contributed by atoms with van der Waals surface area (Å²) in [5.41, 5.74) is 4.36. The number of carboxylic acid groups (broad SMARTS) is 2. The van der Waals surface area contributed by atoms with Gasteiger partial charge in [-0.2, -0.15) is 0 Å². The van der Waals surface area contributed by atoms with Crippen molar-refractivity contribution < 1.29 is 38.4 Å². The van der Waals surface area contributed by atoms with Crippen LogP contribution in [-0.4, -0.2) is 71.8 Å². The van der Waals surface area contributed by atoms with Gasteiger partial charge in [-0.15, -0.1) is 0 Å². The number of rotatable bonds is 8. The van der Waals surface area contributed by atoms with Crippen LogP contribution in [-0.2, 0) is 38.8 Å². The number of halogens is 1. The SMILES string of the molecule is CC(C)(C)CS(=O)(=O)c1ccc(CNc2c(Cl)ccc3c2CCNCC3)cc1.O=C(O)[C@H](O)[C@@H](O)C(=O)O. The van der Waals surface area contributed by atoms with Crippen LogP contribution in [0.4, 0.5) is 5.69 Å². The Labute approximate surface area is 227 Å². The maximum Gasteiger partial charge on any atom is 0.335 e. The minimum Gasteiger partial charge on any atom is -0.479 e. The van der Waals surface area contributed by atoms with Crippen LogP contribution in [0.3, 0.4) is 0 Å². The Kier molecular flexibility index (Phi) is 11.1. The van der Waals surface area contributed by atoms with Crippen molar-refractivity contribution in [3.63, 3.8) is 0 Å². The molecule has 0 aromatic heterocycles. The Hall–Kier alpha value is -2.70. The van der Waals surface area contributed by atoms with Crippen LogP contribution >= 0.6 is 11.6 Å². The fraction of sp³-hybridized carbons (Fsp3) is 0.462. The average Bonchev–Trinajstić information content (AvgIpc) is 3.07. The molecule has 0 spiro atoms. The zero-order chi connectivity index (χ0) is 28.7. The van der Waals surface area contributed by atoms with Crippen LogP contribution in [0.5, 0.6) is 0 Å². The van der Waals surface area contributed by atoms with Gasteiger partial charge in [0.05, 0.1) is 21.4 Å². The Morgan fingerprint density at radius 3 is 2.05 bits per heavy atom. The third-order valence-electron chi connectivity index (χ3n) is 5.66. The van der Waals surface area contributed by atoms with Gasteiger partial charge >= 0.3 is 11.9 Å². The largest absolute Gasteiger partial charge is 0.479 e. The summed E-state index contributed by atoms with van der Waals surface area (Å²) in [4.78, 5) is 19.9. The molecule has 2 atom stereocenters. The molecule has 210 valence electrons. The van der Waals surface area contributed by atoms with Gasteiger partial charge in [0.1, 0.15) is 0 Å². The highest BCUT2D eigenvalue weighted by Gasteiger charge is 2.29. The van der Waals surface area contributed by atoms with Gasteiger partial charge in [0.15, 0.2) is 22.0 Å². The smallest absolute Gasteiger partial charge is 0.335 e. The number of fused-ring (bicyclic) bond motifs is 1. The fourth-order valence-corrected chi connectivity index (χ4v) is 5.96. The first-order chi connectivity index (χ1) is 17.6. The summed E-state index contributed by atoms with van der Waals surface area (Å²) in [6, 6.07) is 11.2. The van der Waals surface area contributed by atoms with Gasteiger partial charge in [0, 0.05) is 6.54 Å². The van der Waals surface area contributed by atoms with Crippen molar-refractivity contribution in [3.05, 3.63) is 58.1 Å². The van der Waals surface area contributed by atoms with Crippen LogP contribution in [0.2, 0.25) is 5.02 Å². The fourth-order valence-electron chi connectivity index (χ4n) is 3.86. The van der Waals surface area contributed by atoms with E-state index in [9.17, 15) is 18.0 Å². The van der Waals surface area contributed by atoms with E-state index in [1.807, 2.05) is 39.0 Å². The van der Waals surface area contributed by atoms with Crippen molar-refractivity contribution in [2.24, 2.45) is 5.41 Å². The molecule has 0 saturated carbocycles. The van der Waals surface area contributed by atoms with E-state index in [0.717, 1.165) is 42.2 Å². The summed E-state index contributed by atoms with van der Waals surface area (Å²) in [6.07, 6.45) is -2.58. The van der Waals surface area contributed by atoms with Gasteiger partial charge in [-0.3, -0.25) is 0 Å². The van der Waals surface area contributed by atoms with Gasteiger partial charge in [-0.25, -0.2) is 18.0 Å². The maximum atomic E-state index is 12.5. The van der Waals surface area contributed by atoms with E-state index in [1.165, 1.54) is 11.1 Å². The number of nitrogens with one attached hydrogen (secondary N) is 2. The molecule has 0 aliphatic carbocycles. The van der Waals surface area contributed by atoms with E-state index in [4.69, 9.17) is 32.0 Å². The molecule has 0 bridgehead atoms. The number of carboxylic acids is 2. The van der Waals surface area contributed by atoms with E-state index >= 15 is 0 Å². The van der Waals surface area contributed by atoms with Crippen molar-refractivity contribution in [3.8, 4) is 0 Å².